The SMILES string of the molecule is CCCn1cc(N)c(=O)n(Cc2ccc(CC)s2)c1=O. The van der Waals surface area contributed by atoms with Gasteiger partial charge in [-0.2, -0.15) is 0 Å². The lowest BCUT2D eigenvalue weighted by Gasteiger charge is -2.10. The molecule has 2 aromatic rings. The monoisotopic (exact) mass is 293 g/mol. The smallest absolute Gasteiger partial charge is 0.331 e. The Balaban J connectivity index is 2.44. The maximum atomic E-state index is 12.3. The van der Waals surface area contributed by atoms with E-state index in [4.69, 9.17) is 5.73 Å². The number of hydrogen-bond donors (Lipinski definition) is 1. The molecule has 0 fully saturated rings. The summed E-state index contributed by atoms with van der Waals surface area (Å²) in [6.45, 7) is 4.91. The molecular weight excluding hydrogens is 274 g/mol. The predicted molar refractivity (Wildman–Crippen MR) is 82.5 cm³/mol. The fraction of sp³-hybridized carbons (Fsp3) is 0.429. The zero-order valence-corrected chi connectivity index (χ0v) is 12.6. The first-order valence-electron chi connectivity index (χ1n) is 6.74. The van der Waals surface area contributed by atoms with Crippen molar-refractivity contribution in [1.29, 1.82) is 0 Å². The first-order chi connectivity index (χ1) is 9.56. The number of anilines is 1. The molecule has 0 saturated heterocycles. The molecular formula is C14H19N3O2S. The maximum Gasteiger partial charge on any atom is 0.331 e. The van der Waals surface area contributed by atoms with E-state index in [1.54, 1.807) is 11.3 Å². The van der Waals surface area contributed by atoms with Crippen LogP contribution >= 0.6 is 11.3 Å². The van der Waals surface area contributed by atoms with Crippen molar-refractivity contribution in [2.75, 3.05) is 5.73 Å². The van der Waals surface area contributed by atoms with Gasteiger partial charge >= 0.3 is 5.69 Å². The quantitative estimate of drug-likeness (QED) is 0.911. The first-order valence-corrected chi connectivity index (χ1v) is 7.55. The minimum Gasteiger partial charge on any atom is -0.393 e. The Labute approximate surface area is 121 Å². The van der Waals surface area contributed by atoms with Crippen LogP contribution in [0.25, 0.3) is 0 Å². The summed E-state index contributed by atoms with van der Waals surface area (Å²) in [6.07, 6.45) is 3.21. The molecule has 20 heavy (non-hydrogen) atoms. The summed E-state index contributed by atoms with van der Waals surface area (Å²) in [5.41, 5.74) is 5.13. The van der Waals surface area contributed by atoms with Crippen molar-refractivity contribution in [2.24, 2.45) is 0 Å². The zero-order chi connectivity index (χ0) is 14.7. The fourth-order valence-corrected chi connectivity index (χ4v) is 3.02. The molecule has 0 unspecified atom stereocenters. The molecule has 0 spiro atoms. The Hall–Kier alpha value is -1.82. The number of nitrogens with two attached hydrogens (primary N) is 1. The first kappa shape index (κ1) is 14.6. The molecule has 6 heteroatoms. The van der Waals surface area contributed by atoms with Gasteiger partial charge in [-0.1, -0.05) is 13.8 Å². The van der Waals surface area contributed by atoms with E-state index in [1.165, 1.54) is 20.2 Å². The Morgan fingerprint density at radius 1 is 1.20 bits per heavy atom. The summed E-state index contributed by atoms with van der Waals surface area (Å²) in [7, 11) is 0. The summed E-state index contributed by atoms with van der Waals surface area (Å²) < 4.78 is 2.72. The molecule has 0 aliphatic rings. The van der Waals surface area contributed by atoms with Gasteiger partial charge in [0.05, 0.1) is 6.54 Å². The van der Waals surface area contributed by atoms with Crippen LogP contribution in [0.1, 0.15) is 30.0 Å². The highest BCUT2D eigenvalue weighted by atomic mass is 32.1. The van der Waals surface area contributed by atoms with Gasteiger partial charge in [-0.3, -0.25) is 13.9 Å². The molecule has 0 aromatic carbocycles. The minimum atomic E-state index is -0.409. The number of nitrogens with zero attached hydrogens (tertiary/aromatic N) is 2. The van der Waals surface area contributed by atoms with E-state index in [0.29, 0.717) is 6.54 Å². The van der Waals surface area contributed by atoms with Crippen LogP contribution in [-0.4, -0.2) is 9.13 Å². The highest BCUT2D eigenvalue weighted by Crippen LogP contribution is 2.17. The van der Waals surface area contributed by atoms with Crippen LogP contribution in [-0.2, 0) is 19.5 Å². The van der Waals surface area contributed by atoms with Crippen LogP contribution in [0.2, 0.25) is 0 Å². The van der Waals surface area contributed by atoms with Crippen molar-refractivity contribution in [3.05, 3.63) is 48.9 Å². The van der Waals surface area contributed by atoms with Crippen molar-refractivity contribution >= 4 is 17.0 Å². The highest BCUT2D eigenvalue weighted by molar-refractivity contribution is 7.11. The van der Waals surface area contributed by atoms with Gasteiger partial charge in [0.1, 0.15) is 5.69 Å². The van der Waals surface area contributed by atoms with Crippen molar-refractivity contribution in [1.82, 2.24) is 9.13 Å². The molecule has 0 atom stereocenters. The van der Waals surface area contributed by atoms with Crippen LogP contribution in [0, 0.1) is 0 Å². The molecule has 5 nitrogen and oxygen atoms in total. The van der Waals surface area contributed by atoms with Gasteiger partial charge < -0.3 is 5.73 Å². The Morgan fingerprint density at radius 2 is 1.90 bits per heavy atom. The normalized spacial score (nSPS) is 10.9. The lowest BCUT2D eigenvalue weighted by molar-refractivity contribution is 0.575. The summed E-state index contributed by atoms with van der Waals surface area (Å²) >= 11 is 1.62. The summed E-state index contributed by atoms with van der Waals surface area (Å²) in [6, 6.07) is 3.99. The van der Waals surface area contributed by atoms with E-state index in [1.807, 2.05) is 19.1 Å². The molecule has 0 aliphatic heterocycles. The summed E-state index contributed by atoms with van der Waals surface area (Å²) in [5, 5.41) is 0. The molecule has 0 aliphatic carbocycles. The Kier molecular flexibility index (Phi) is 4.44. The topological polar surface area (TPSA) is 70.0 Å². The number of thiophene rings is 1. The third-order valence-corrected chi connectivity index (χ3v) is 4.32. The second-order valence-electron chi connectivity index (χ2n) is 4.67. The number of aryl methyl sites for hydroxylation is 2. The summed E-state index contributed by atoms with van der Waals surface area (Å²) in [5.74, 6) is 0. The van der Waals surface area contributed by atoms with Crippen molar-refractivity contribution in [3.63, 3.8) is 0 Å². The van der Waals surface area contributed by atoms with Crippen LogP contribution < -0.4 is 17.0 Å². The number of nitrogen functional groups attached to an aromatic ring is 1. The van der Waals surface area contributed by atoms with E-state index >= 15 is 0 Å². The molecule has 108 valence electrons. The predicted octanol–water partition coefficient (Wildman–Crippen LogP) is 1.67. The van der Waals surface area contributed by atoms with E-state index in [9.17, 15) is 9.59 Å². The molecule has 2 N–H and O–H groups in total. The molecule has 2 rings (SSSR count). The van der Waals surface area contributed by atoms with Crippen molar-refractivity contribution in [2.45, 2.75) is 39.8 Å². The summed E-state index contributed by atoms with van der Waals surface area (Å²) in [4.78, 5) is 26.6. The lowest BCUT2D eigenvalue weighted by atomic mass is 10.3. The van der Waals surface area contributed by atoms with Gasteiger partial charge in [-0.05, 0) is 25.0 Å². The minimum absolute atomic E-state index is 0.116. The standard InChI is InChI=1S/C14H19N3O2S/c1-3-7-16-9-12(15)13(18)17(14(16)19)8-11-6-5-10(4-2)20-11/h5-6,9H,3-4,7-8,15H2,1-2H3. The molecule has 2 heterocycles. The molecule has 2 aromatic heterocycles. The third-order valence-electron chi connectivity index (χ3n) is 3.11. The maximum absolute atomic E-state index is 12.3. The van der Waals surface area contributed by atoms with Gasteiger partial charge in [-0.15, -0.1) is 11.3 Å². The second-order valence-corrected chi connectivity index (χ2v) is 5.93. The molecule has 0 radical (unpaired) electrons. The highest BCUT2D eigenvalue weighted by Gasteiger charge is 2.10. The average Bonchev–Trinajstić information content (AvgIpc) is 2.89. The number of hydrogen-bond acceptors (Lipinski definition) is 4. The van der Waals surface area contributed by atoms with E-state index in [0.717, 1.165) is 17.7 Å². The number of aromatic nitrogens is 2. The second kappa shape index (κ2) is 6.09. The van der Waals surface area contributed by atoms with Gasteiger partial charge in [0.15, 0.2) is 0 Å². The Bertz CT molecular complexity index is 712. The van der Waals surface area contributed by atoms with E-state index in [2.05, 4.69) is 6.92 Å². The average molecular weight is 293 g/mol. The van der Waals surface area contributed by atoms with E-state index in [-0.39, 0.29) is 17.9 Å². The molecule has 0 bridgehead atoms. The third kappa shape index (κ3) is 2.85. The molecule has 0 amide bonds. The Morgan fingerprint density at radius 3 is 2.50 bits per heavy atom. The van der Waals surface area contributed by atoms with Crippen LogP contribution in [0.4, 0.5) is 5.69 Å². The van der Waals surface area contributed by atoms with Gasteiger partial charge in [0.25, 0.3) is 5.56 Å². The molecule has 0 saturated carbocycles. The fourth-order valence-electron chi connectivity index (χ4n) is 2.07. The lowest BCUT2D eigenvalue weighted by Crippen LogP contribution is -2.40. The van der Waals surface area contributed by atoms with Gasteiger partial charge in [0.2, 0.25) is 0 Å². The zero-order valence-electron chi connectivity index (χ0n) is 11.8. The van der Waals surface area contributed by atoms with Crippen molar-refractivity contribution < 1.29 is 0 Å². The van der Waals surface area contributed by atoms with E-state index < -0.39 is 5.56 Å². The van der Waals surface area contributed by atoms with Gasteiger partial charge in [0, 0.05) is 22.5 Å². The van der Waals surface area contributed by atoms with Crippen LogP contribution in [0.3, 0.4) is 0 Å². The van der Waals surface area contributed by atoms with Gasteiger partial charge in [-0.25, -0.2) is 4.79 Å². The van der Waals surface area contributed by atoms with Crippen LogP contribution in [0.5, 0.6) is 0 Å². The largest absolute Gasteiger partial charge is 0.393 e. The van der Waals surface area contributed by atoms with Crippen molar-refractivity contribution in [3.8, 4) is 0 Å². The number of rotatable bonds is 5. The van der Waals surface area contributed by atoms with Crippen LogP contribution in [0.15, 0.2) is 27.9 Å².